The van der Waals surface area contributed by atoms with Crippen LogP contribution in [0.2, 0.25) is 0 Å². The number of ether oxygens (including phenoxy) is 1. The maximum Gasteiger partial charge on any atom is 0.234 e. The number of hydrogen-bond acceptors (Lipinski definition) is 6. The molecule has 2 saturated heterocycles. The van der Waals surface area contributed by atoms with Gasteiger partial charge in [-0.1, -0.05) is 72.8 Å². The fraction of sp³-hybridized carbons (Fsp3) is 0.297. The summed E-state index contributed by atoms with van der Waals surface area (Å²) in [6, 6.07) is 33.3. The lowest BCUT2D eigenvalue weighted by Gasteiger charge is -2.37. The number of nitrogens with one attached hydrogen (secondary N) is 1. The third-order valence-corrected chi connectivity index (χ3v) is 9.37. The van der Waals surface area contributed by atoms with Gasteiger partial charge < -0.3 is 14.7 Å². The number of benzene rings is 4. The predicted molar refractivity (Wildman–Crippen MR) is 170 cm³/mol. The molecule has 224 valence electrons. The van der Waals surface area contributed by atoms with Crippen LogP contribution >= 0.6 is 0 Å². The lowest BCUT2D eigenvalue weighted by Crippen LogP contribution is -2.46. The molecule has 7 nitrogen and oxygen atoms in total. The van der Waals surface area contributed by atoms with Crippen LogP contribution in [-0.2, 0) is 16.1 Å². The molecule has 2 N–H and O–H groups in total. The molecular formula is C37H37N3O4. The second-order valence-electron chi connectivity index (χ2n) is 12.1. The van der Waals surface area contributed by atoms with Gasteiger partial charge in [-0.15, -0.1) is 0 Å². The lowest BCUT2D eigenvalue weighted by atomic mass is 9.76. The van der Waals surface area contributed by atoms with E-state index in [1.807, 2.05) is 24.3 Å². The van der Waals surface area contributed by atoms with Crippen molar-refractivity contribution in [3.05, 3.63) is 125 Å². The van der Waals surface area contributed by atoms with Crippen LogP contribution < -0.4 is 15.0 Å². The van der Waals surface area contributed by atoms with Crippen LogP contribution in [-0.4, -0.2) is 54.6 Å². The maximum atomic E-state index is 12.4. The molecule has 7 heteroatoms. The Labute approximate surface area is 258 Å². The molecule has 0 aromatic heterocycles. The van der Waals surface area contributed by atoms with Gasteiger partial charge in [-0.3, -0.25) is 19.8 Å². The summed E-state index contributed by atoms with van der Waals surface area (Å²) in [6.07, 6.45) is 0.965. The first kappa shape index (κ1) is 28.2. The minimum atomic E-state index is -0.253. The maximum absolute atomic E-state index is 12.4. The number of piperazine rings is 1. The summed E-state index contributed by atoms with van der Waals surface area (Å²) in [5, 5.41) is 12.6. The molecule has 3 aliphatic heterocycles. The summed E-state index contributed by atoms with van der Waals surface area (Å²) >= 11 is 0. The second kappa shape index (κ2) is 12.2. The van der Waals surface area contributed by atoms with Gasteiger partial charge in [0.25, 0.3) is 0 Å². The highest BCUT2D eigenvalue weighted by molar-refractivity contribution is 6.00. The quantitative estimate of drug-likeness (QED) is 0.288. The summed E-state index contributed by atoms with van der Waals surface area (Å²) in [5.41, 5.74) is 7.01. The first-order valence-electron chi connectivity index (χ1n) is 15.5. The number of aromatic hydroxyl groups is 1. The number of amides is 2. The number of fused-ring (bicyclic) bond motifs is 1. The molecule has 7 rings (SSSR count). The first-order valence-corrected chi connectivity index (χ1v) is 15.5. The van der Waals surface area contributed by atoms with Crippen LogP contribution in [0, 0.1) is 0 Å². The Kier molecular flexibility index (Phi) is 7.79. The zero-order valence-electron chi connectivity index (χ0n) is 24.7. The molecule has 1 unspecified atom stereocenters. The standard InChI is InChI=1S/C37H37N3O4/c41-30-13-14-32-34(22-30)44-24-33(26-6-2-1-3-7-26)36(32)27-9-11-29(12-10-27)40-19-17-39(18-20-40)23-25-5-4-8-28(21-25)31-15-16-35(42)38-37(31)43/h1-14,21-22,31,33,36,41H,15-20,23-24H2,(H,38,42,43)/t31?,33-,36-/m1/s1. The third kappa shape index (κ3) is 5.80. The van der Waals surface area contributed by atoms with Gasteiger partial charge in [-0.25, -0.2) is 0 Å². The van der Waals surface area contributed by atoms with Crippen molar-refractivity contribution in [2.75, 3.05) is 37.7 Å². The van der Waals surface area contributed by atoms with E-state index in [4.69, 9.17) is 4.74 Å². The number of carbonyl (C=O) groups is 2. The van der Waals surface area contributed by atoms with Crippen molar-refractivity contribution in [1.82, 2.24) is 10.2 Å². The topological polar surface area (TPSA) is 82.1 Å². The zero-order chi connectivity index (χ0) is 30.0. The highest BCUT2D eigenvalue weighted by atomic mass is 16.5. The van der Waals surface area contributed by atoms with E-state index in [0.717, 1.165) is 49.6 Å². The summed E-state index contributed by atoms with van der Waals surface area (Å²) in [6.45, 7) is 5.20. The Morgan fingerprint density at radius 1 is 0.795 bits per heavy atom. The largest absolute Gasteiger partial charge is 0.508 e. The molecule has 0 bridgehead atoms. The summed E-state index contributed by atoms with van der Waals surface area (Å²) in [5.74, 6) is 0.661. The minimum absolute atomic E-state index is 0.128. The molecule has 3 atom stereocenters. The van der Waals surface area contributed by atoms with E-state index in [1.54, 1.807) is 12.1 Å². The highest BCUT2D eigenvalue weighted by Gasteiger charge is 2.34. The van der Waals surface area contributed by atoms with E-state index < -0.39 is 0 Å². The van der Waals surface area contributed by atoms with Gasteiger partial charge in [0.15, 0.2) is 0 Å². The summed E-state index contributed by atoms with van der Waals surface area (Å²) < 4.78 is 6.14. The van der Waals surface area contributed by atoms with Gasteiger partial charge in [-0.05, 0) is 46.9 Å². The normalized spacial score (nSPS) is 22.2. The van der Waals surface area contributed by atoms with E-state index in [-0.39, 0.29) is 35.3 Å². The highest BCUT2D eigenvalue weighted by Crippen LogP contribution is 2.47. The van der Waals surface area contributed by atoms with Crippen molar-refractivity contribution in [2.24, 2.45) is 0 Å². The summed E-state index contributed by atoms with van der Waals surface area (Å²) in [4.78, 5) is 28.9. The van der Waals surface area contributed by atoms with E-state index in [1.165, 1.54) is 22.4 Å². The van der Waals surface area contributed by atoms with Crippen molar-refractivity contribution in [3.63, 3.8) is 0 Å². The van der Waals surface area contributed by atoms with Crippen molar-refractivity contribution in [1.29, 1.82) is 0 Å². The van der Waals surface area contributed by atoms with Gasteiger partial charge in [-0.2, -0.15) is 0 Å². The predicted octanol–water partition coefficient (Wildman–Crippen LogP) is 5.54. The number of piperidine rings is 1. The zero-order valence-corrected chi connectivity index (χ0v) is 24.7. The Hall–Kier alpha value is -4.62. The molecule has 0 aliphatic carbocycles. The molecule has 0 radical (unpaired) electrons. The van der Waals surface area contributed by atoms with E-state index in [0.29, 0.717) is 19.4 Å². The number of phenols is 1. The molecule has 4 aromatic carbocycles. The lowest BCUT2D eigenvalue weighted by molar-refractivity contribution is -0.134. The summed E-state index contributed by atoms with van der Waals surface area (Å²) in [7, 11) is 0. The number of rotatable bonds is 6. The monoisotopic (exact) mass is 587 g/mol. The van der Waals surface area contributed by atoms with Crippen LogP contribution in [0.3, 0.4) is 0 Å². The van der Waals surface area contributed by atoms with Crippen molar-refractivity contribution >= 4 is 17.5 Å². The average Bonchev–Trinajstić information content (AvgIpc) is 3.05. The first-order chi connectivity index (χ1) is 21.5. The van der Waals surface area contributed by atoms with E-state index in [2.05, 4.69) is 75.8 Å². The molecule has 2 fully saturated rings. The fourth-order valence-electron chi connectivity index (χ4n) is 7.03. The van der Waals surface area contributed by atoms with Crippen molar-refractivity contribution in [2.45, 2.75) is 37.1 Å². The Morgan fingerprint density at radius 2 is 1.57 bits per heavy atom. The molecule has 4 aromatic rings. The van der Waals surface area contributed by atoms with Gasteiger partial charge in [0.1, 0.15) is 11.5 Å². The van der Waals surface area contributed by atoms with Crippen LogP contribution in [0.25, 0.3) is 0 Å². The molecule has 3 aliphatic rings. The molecule has 44 heavy (non-hydrogen) atoms. The Bertz CT molecular complexity index is 1650. The number of carbonyl (C=O) groups excluding carboxylic acids is 2. The SMILES string of the molecule is O=C1CCC(c2cccc(CN3CCN(c4ccc([C@@H]5c6ccc(O)cc6OC[C@@H]5c5ccccc5)cc4)CC3)c2)C(=O)N1. The Morgan fingerprint density at radius 3 is 2.34 bits per heavy atom. The molecular weight excluding hydrogens is 550 g/mol. The third-order valence-electron chi connectivity index (χ3n) is 9.37. The van der Waals surface area contributed by atoms with Gasteiger partial charge >= 0.3 is 0 Å². The number of nitrogens with zero attached hydrogens (tertiary/aromatic N) is 2. The fourth-order valence-corrected chi connectivity index (χ4v) is 7.03. The van der Waals surface area contributed by atoms with Crippen LogP contribution in [0.4, 0.5) is 5.69 Å². The Balaban J connectivity index is 1.02. The smallest absolute Gasteiger partial charge is 0.234 e. The van der Waals surface area contributed by atoms with E-state index >= 15 is 0 Å². The van der Waals surface area contributed by atoms with Crippen molar-refractivity contribution < 1.29 is 19.4 Å². The number of hydrogen-bond donors (Lipinski definition) is 2. The van der Waals surface area contributed by atoms with Gasteiger partial charge in [0.05, 0.1) is 12.5 Å². The second-order valence-corrected chi connectivity index (χ2v) is 12.1. The van der Waals surface area contributed by atoms with Crippen molar-refractivity contribution in [3.8, 4) is 11.5 Å². The number of anilines is 1. The van der Waals surface area contributed by atoms with Crippen LogP contribution in [0.1, 0.15) is 58.4 Å². The minimum Gasteiger partial charge on any atom is -0.508 e. The average molecular weight is 588 g/mol. The number of imide groups is 1. The molecule has 3 heterocycles. The van der Waals surface area contributed by atoms with Gasteiger partial charge in [0.2, 0.25) is 11.8 Å². The van der Waals surface area contributed by atoms with E-state index in [9.17, 15) is 14.7 Å². The molecule has 2 amide bonds. The molecule has 0 saturated carbocycles. The molecule has 0 spiro atoms. The van der Waals surface area contributed by atoms with Crippen LogP contribution in [0.5, 0.6) is 11.5 Å². The number of phenolic OH excluding ortho intramolecular Hbond substituents is 1. The van der Waals surface area contributed by atoms with Crippen LogP contribution in [0.15, 0.2) is 97.1 Å². The van der Waals surface area contributed by atoms with Gasteiger partial charge in [0, 0.05) is 68.3 Å².